The summed E-state index contributed by atoms with van der Waals surface area (Å²) in [5, 5.41) is 9.21. The van der Waals surface area contributed by atoms with E-state index in [1.807, 2.05) is 0 Å². The third-order valence-corrected chi connectivity index (χ3v) is 3.85. The van der Waals surface area contributed by atoms with Crippen molar-refractivity contribution < 1.29 is 23.4 Å². The lowest BCUT2D eigenvalue weighted by atomic mass is 9.97. The highest BCUT2D eigenvalue weighted by Crippen LogP contribution is 2.49. The van der Waals surface area contributed by atoms with Crippen molar-refractivity contribution in [2.75, 3.05) is 19.5 Å². The van der Waals surface area contributed by atoms with E-state index in [1.165, 1.54) is 0 Å². The predicted octanol–water partition coefficient (Wildman–Crippen LogP) is -0.368. The topological polar surface area (TPSA) is 128 Å². The van der Waals surface area contributed by atoms with Gasteiger partial charge in [-0.05, 0) is 6.92 Å². The van der Waals surface area contributed by atoms with Gasteiger partial charge in [-0.15, -0.1) is 0 Å². The van der Waals surface area contributed by atoms with Crippen LogP contribution in [0, 0.1) is 0 Å². The fourth-order valence-corrected chi connectivity index (χ4v) is 2.88. The first-order chi connectivity index (χ1) is 10.7. The second kappa shape index (κ2) is 4.94. The first kappa shape index (κ1) is 15.8. The Morgan fingerprint density at radius 3 is 2.87 bits per heavy atom. The number of hydrogen-bond donors (Lipinski definition) is 3. The Morgan fingerprint density at radius 1 is 1.61 bits per heavy atom. The minimum Gasteiger partial charge on any atom is -0.390 e. The zero-order valence-corrected chi connectivity index (χ0v) is 12.3. The van der Waals surface area contributed by atoms with Gasteiger partial charge in [0.05, 0.1) is 6.33 Å². The van der Waals surface area contributed by atoms with E-state index < -0.39 is 36.0 Å². The molecule has 4 unspecified atom stereocenters. The molecule has 2 aromatic heterocycles. The normalized spacial score (nSPS) is 34.3. The maximum Gasteiger partial charge on any atom is 0.280 e. The molecule has 3 rings (SSSR count). The zero-order valence-electron chi connectivity index (χ0n) is 12.3. The van der Waals surface area contributed by atoms with E-state index in [0.29, 0.717) is 0 Å². The van der Waals surface area contributed by atoms with Crippen LogP contribution in [0.1, 0.15) is 13.2 Å². The van der Waals surface area contributed by atoms with Crippen molar-refractivity contribution in [1.29, 1.82) is 0 Å². The number of alkyl halides is 2. The average Bonchev–Trinajstić information content (AvgIpc) is 2.96. The van der Waals surface area contributed by atoms with Crippen molar-refractivity contribution in [3.63, 3.8) is 0 Å². The number of methoxy groups -OCH3 is 1. The number of H-pyrrole nitrogens is 1. The fraction of sp³-hybridized carbons (Fsp3) is 0.583. The number of nitrogens with two attached hydrogens (primary N) is 1. The molecular formula is C12H15F2N5O4. The van der Waals surface area contributed by atoms with Crippen LogP contribution in [0.15, 0.2) is 11.1 Å². The van der Waals surface area contributed by atoms with Gasteiger partial charge in [0.25, 0.3) is 11.4 Å². The van der Waals surface area contributed by atoms with E-state index in [1.54, 1.807) is 0 Å². The van der Waals surface area contributed by atoms with Gasteiger partial charge < -0.3 is 20.3 Å². The summed E-state index contributed by atoms with van der Waals surface area (Å²) < 4.78 is 40.7. The van der Waals surface area contributed by atoms with Crippen molar-refractivity contribution in [3.05, 3.63) is 16.7 Å². The molecule has 3 heterocycles. The van der Waals surface area contributed by atoms with Crippen LogP contribution in [0.4, 0.5) is 14.7 Å². The number of hydrogen-bond acceptors (Lipinski definition) is 7. The van der Waals surface area contributed by atoms with Gasteiger partial charge in [0.2, 0.25) is 5.95 Å². The number of ether oxygens (including phenoxy) is 2. The smallest absolute Gasteiger partial charge is 0.280 e. The number of aromatic amines is 1. The molecule has 0 radical (unpaired) electrons. The van der Waals surface area contributed by atoms with Gasteiger partial charge >= 0.3 is 0 Å². The summed E-state index contributed by atoms with van der Waals surface area (Å²) >= 11 is 0. The van der Waals surface area contributed by atoms with E-state index in [-0.39, 0.29) is 17.1 Å². The molecule has 23 heavy (non-hydrogen) atoms. The van der Waals surface area contributed by atoms with Crippen molar-refractivity contribution >= 4 is 17.1 Å². The van der Waals surface area contributed by atoms with Crippen LogP contribution in [-0.4, -0.2) is 56.0 Å². The monoisotopic (exact) mass is 331 g/mol. The Balaban J connectivity index is 2.17. The molecule has 1 saturated heterocycles. The summed E-state index contributed by atoms with van der Waals surface area (Å²) in [6, 6.07) is 0. The number of anilines is 1. The van der Waals surface area contributed by atoms with Crippen LogP contribution in [0.2, 0.25) is 0 Å². The van der Waals surface area contributed by atoms with E-state index in [2.05, 4.69) is 15.0 Å². The van der Waals surface area contributed by atoms with Crippen LogP contribution in [0.5, 0.6) is 0 Å². The van der Waals surface area contributed by atoms with E-state index >= 15 is 4.39 Å². The molecule has 9 nitrogen and oxygen atoms in total. The maximum absolute atomic E-state index is 15.1. The Morgan fingerprint density at radius 2 is 2.30 bits per heavy atom. The number of nitrogens with zero attached hydrogens (tertiary/aromatic N) is 3. The third kappa shape index (κ3) is 2.11. The molecule has 1 fully saturated rings. The minimum atomic E-state index is -2.76. The third-order valence-electron chi connectivity index (χ3n) is 3.85. The van der Waals surface area contributed by atoms with E-state index in [0.717, 1.165) is 24.9 Å². The van der Waals surface area contributed by atoms with Crippen LogP contribution in [-0.2, 0) is 9.47 Å². The molecule has 0 amide bonds. The Bertz CT molecular complexity index is 806. The molecule has 4 N–H and O–H groups in total. The van der Waals surface area contributed by atoms with Crippen LogP contribution >= 0.6 is 0 Å². The molecule has 4 atom stereocenters. The Hall–Kier alpha value is -2.11. The maximum atomic E-state index is 15.1. The SMILES string of the molecule is COC1C(F)(CO)OC(n2cnc3c(=O)[nH]c(N)nc32)C1(C)F. The van der Waals surface area contributed by atoms with Gasteiger partial charge in [0.15, 0.2) is 29.2 Å². The quantitative estimate of drug-likeness (QED) is 0.700. The van der Waals surface area contributed by atoms with Gasteiger partial charge in [-0.2, -0.15) is 4.98 Å². The lowest BCUT2D eigenvalue weighted by Crippen LogP contribution is -2.47. The summed E-state index contributed by atoms with van der Waals surface area (Å²) in [7, 11) is 1.10. The summed E-state index contributed by atoms with van der Waals surface area (Å²) in [6.45, 7) is -0.0461. The fourth-order valence-electron chi connectivity index (χ4n) is 2.88. The van der Waals surface area contributed by atoms with Gasteiger partial charge in [-0.3, -0.25) is 14.3 Å². The van der Waals surface area contributed by atoms with Crippen molar-refractivity contribution in [2.45, 2.75) is 30.8 Å². The second-order valence-electron chi connectivity index (χ2n) is 5.46. The van der Waals surface area contributed by atoms with Crippen molar-refractivity contribution in [2.24, 2.45) is 0 Å². The number of aliphatic hydroxyl groups is 1. The molecule has 0 saturated carbocycles. The molecule has 1 aliphatic rings. The number of nitrogens with one attached hydrogen (secondary N) is 1. The first-order valence-electron chi connectivity index (χ1n) is 6.66. The Labute approximate surface area is 128 Å². The summed E-state index contributed by atoms with van der Waals surface area (Å²) in [5.41, 5.74) is 2.30. The molecule has 0 aliphatic carbocycles. The van der Waals surface area contributed by atoms with Gasteiger partial charge in [0.1, 0.15) is 6.61 Å². The number of halogens is 2. The van der Waals surface area contributed by atoms with Gasteiger partial charge in [-0.1, -0.05) is 0 Å². The largest absolute Gasteiger partial charge is 0.390 e. The first-order valence-corrected chi connectivity index (χ1v) is 6.66. The minimum absolute atomic E-state index is 0.0721. The molecule has 126 valence electrons. The standard InChI is InChI=1S/C12H15F2N5O4/c1-11(13)8(22-2)12(14,3-20)23-9(11)19-4-16-5-6(19)17-10(15)18-7(5)21/h4,8-9,20H,3H2,1-2H3,(H3,15,17,18,21). The number of nitrogen functional groups attached to an aromatic ring is 1. The lowest BCUT2D eigenvalue weighted by molar-refractivity contribution is -0.211. The van der Waals surface area contributed by atoms with E-state index in [9.17, 15) is 14.3 Å². The van der Waals surface area contributed by atoms with Crippen LogP contribution < -0.4 is 11.3 Å². The molecule has 2 aromatic rings. The predicted molar refractivity (Wildman–Crippen MR) is 73.9 cm³/mol. The Kier molecular flexibility index (Phi) is 3.39. The number of fused-ring (bicyclic) bond motifs is 1. The molecule has 0 spiro atoms. The molecular weight excluding hydrogens is 316 g/mol. The zero-order chi connectivity index (χ0) is 17.0. The number of rotatable bonds is 3. The number of aromatic nitrogens is 4. The summed E-state index contributed by atoms with van der Waals surface area (Å²) in [6.07, 6.45) is -2.17. The van der Waals surface area contributed by atoms with Crippen LogP contribution in [0.3, 0.4) is 0 Å². The van der Waals surface area contributed by atoms with E-state index in [4.69, 9.17) is 15.2 Å². The van der Waals surface area contributed by atoms with Gasteiger partial charge in [-0.25, -0.2) is 13.8 Å². The van der Waals surface area contributed by atoms with Gasteiger partial charge in [0, 0.05) is 7.11 Å². The highest BCUT2D eigenvalue weighted by molar-refractivity contribution is 5.70. The second-order valence-corrected chi connectivity index (χ2v) is 5.46. The summed E-state index contributed by atoms with van der Waals surface area (Å²) in [4.78, 5) is 21.7. The van der Waals surface area contributed by atoms with Crippen molar-refractivity contribution in [3.8, 4) is 0 Å². The highest BCUT2D eigenvalue weighted by atomic mass is 19.2. The molecule has 11 heteroatoms. The molecule has 0 aromatic carbocycles. The highest BCUT2D eigenvalue weighted by Gasteiger charge is 2.65. The van der Waals surface area contributed by atoms with Crippen molar-refractivity contribution in [1.82, 2.24) is 19.5 Å². The number of aliphatic hydroxyl groups excluding tert-OH is 1. The summed E-state index contributed by atoms with van der Waals surface area (Å²) in [5.74, 6) is -2.97. The van der Waals surface area contributed by atoms with Crippen LogP contribution in [0.25, 0.3) is 11.2 Å². The lowest BCUT2D eigenvalue weighted by Gasteiger charge is -2.27. The average molecular weight is 331 g/mol. The number of imidazole rings is 1. The molecule has 1 aliphatic heterocycles. The molecule has 0 bridgehead atoms.